The van der Waals surface area contributed by atoms with Crippen LogP contribution in [0.15, 0.2) is 0 Å². The maximum absolute atomic E-state index is 11.1. The summed E-state index contributed by atoms with van der Waals surface area (Å²) >= 11 is 0. The van der Waals surface area contributed by atoms with Crippen molar-refractivity contribution in [3.8, 4) is 0 Å². The lowest BCUT2D eigenvalue weighted by Gasteiger charge is -2.19. The minimum atomic E-state index is -1.31. The molecule has 0 aromatic heterocycles. The van der Waals surface area contributed by atoms with Crippen molar-refractivity contribution in [3.63, 3.8) is 0 Å². The molecule has 0 bridgehead atoms. The van der Waals surface area contributed by atoms with Gasteiger partial charge in [-0.05, 0) is 33.1 Å². The van der Waals surface area contributed by atoms with Crippen LogP contribution in [-0.4, -0.2) is 29.6 Å². The SMILES string of the molecule is CCCCCCCCC(C)(O)C(=O)OC.CCCCCCCCC(C)=O. The van der Waals surface area contributed by atoms with Crippen LogP contribution < -0.4 is 0 Å². The van der Waals surface area contributed by atoms with E-state index >= 15 is 0 Å². The molecule has 0 aliphatic carbocycles. The lowest BCUT2D eigenvalue weighted by molar-refractivity contribution is -0.161. The van der Waals surface area contributed by atoms with Crippen LogP contribution in [0.4, 0.5) is 0 Å². The number of aliphatic hydroxyl groups is 1. The molecular formula is C22H44O4. The van der Waals surface area contributed by atoms with Crippen LogP contribution in [0.5, 0.6) is 0 Å². The maximum atomic E-state index is 11.1. The van der Waals surface area contributed by atoms with Gasteiger partial charge >= 0.3 is 5.97 Å². The predicted molar refractivity (Wildman–Crippen MR) is 109 cm³/mol. The highest BCUT2D eigenvalue weighted by Crippen LogP contribution is 2.17. The number of hydrogen-bond acceptors (Lipinski definition) is 4. The monoisotopic (exact) mass is 372 g/mol. The van der Waals surface area contributed by atoms with Crippen LogP contribution in [0.2, 0.25) is 0 Å². The Labute approximate surface area is 162 Å². The van der Waals surface area contributed by atoms with Gasteiger partial charge in [0, 0.05) is 6.42 Å². The second-order valence-electron chi connectivity index (χ2n) is 7.50. The molecular weight excluding hydrogens is 328 g/mol. The molecule has 0 aromatic carbocycles. The summed E-state index contributed by atoms with van der Waals surface area (Å²) in [5, 5.41) is 9.71. The molecule has 0 saturated heterocycles. The third-order valence-corrected chi connectivity index (χ3v) is 4.52. The van der Waals surface area contributed by atoms with Gasteiger partial charge in [0.25, 0.3) is 0 Å². The Hall–Kier alpha value is -0.900. The molecule has 0 aromatic rings. The summed E-state index contributed by atoms with van der Waals surface area (Å²) in [5.74, 6) is -0.198. The number of methoxy groups -OCH3 is 1. The van der Waals surface area contributed by atoms with Crippen LogP contribution in [0.1, 0.15) is 118 Å². The molecule has 0 radical (unpaired) electrons. The van der Waals surface area contributed by atoms with E-state index in [1.54, 1.807) is 6.92 Å². The highest BCUT2D eigenvalue weighted by atomic mass is 16.5. The van der Waals surface area contributed by atoms with Crippen LogP contribution in [0, 0.1) is 0 Å². The highest BCUT2D eigenvalue weighted by Gasteiger charge is 2.30. The van der Waals surface area contributed by atoms with E-state index in [1.165, 1.54) is 71.8 Å². The number of hydrogen-bond donors (Lipinski definition) is 1. The van der Waals surface area contributed by atoms with Crippen molar-refractivity contribution < 1.29 is 19.4 Å². The van der Waals surface area contributed by atoms with Gasteiger partial charge in [-0.1, -0.05) is 78.1 Å². The molecule has 0 heterocycles. The van der Waals surface area contributed by atoms with Crippen molar-refractivity contribution in [2.24, 2.45) is 0 Å². The van der Waals surface area contributed by atoms with E-state index in [0.29, 0.717) is 12.2 Å². The lowest BCUT2D eigenvalue weighted by Crippen LogP contribution is -2.35. The van der Waals surface area contributed by atoms with Crippen molar-refractivity contribution in [1.82, 2.24) is 0 Å². The molecule has 0 saturated carbocycles. The average Bonchev–Trinajstić information content (AvgIpc) is 2.60. The number of Topliss-reactive ketones (excluding diaryl/α,β-unsaturated/α-hetero) is 1. The minimum Gasteiger partial charge on any atom is -0.467 e. The fourth-order valence-corrected chi connectivity index (χ4v) is 2.73. The third kappa shape index (κ3) is 19.4. The van der Waals surface area contributed by atoms with Crippen LogP contribution in [0.25, 0.3) is 0 Å². The van der Waals surface area contributed by atoms with Gasteiger partial charge in [0.05, 0.1) is 7.11 Å². The van der Waals surface area contributed by atoms with Gasteiger partial charge in [0.15, 0.2) is 5.60 Å². The average molecular weight is 373 g/mol. The first-order chi connectivity index (χ1) is 12.3. The fraction of sp³-hybridized carbons (Fsp3) is 0.909. The van der Waals surface area contributed by atoms with Crippen molar-refractivity contribution in [1.29, 1.82) is 0 Å². The quantitative estimate of drug-likeness (QED) is 0.283. The zero-order valence-electron chi connectivity index (χ0n) is 18.1. The first kappa shape index (κ1) is 27.3. The molecule has 1 N–H and O–H groups in total. The highest BCUT2D eigenvalue weighted by molar-refractivity contribution is 5.78. The smallest absolute Gasteiger partial charge is 0.337 e. The van der Waals surface area contributed by atoms with Crippen LogP contribution in [-0.2, 0) is 14.3 Å². The molecule has 1 unspecified atom stereocenters. The van der Waals surface area contributed by atoms with E-state index in [-0.39, 0.29) is 0 Å². The second kappa shape index (κ2) is 18.9. The Morgan fingerprint density at radius 2 is 1.23 bits per heavy atom. The molecule has 0 aliphatic rings. The van der Waals surface area contributed by atoms with Gasteiger partial charge in [-0.3, -0.25) is 0 Å². The Bertz CT molecular complexity index is 337. The normalized spacial score (nSPS) is 12.7. The number of carbonyl (C=O) groups is 2. The minimum absolute atomic E-state index is 0.334. The molecule has 0 rings (SSSR count). The van der Waals surface area contributed by atoms with E-state index < -0.39 is 11.6 Å². The van der Waals surface area contributed by atoms with Gasteiger partial charge < -0.3 is 14.6 Å². The summed E-state index contributed by atoms with van der Waals surface area (Å²) in [4.78, 5) is 21.7. The Balaban J connectivity index is 0. The summed E-state index contributed by atoms with van der Waals surface area (Å²) in [6, 6.07) is 0. The van der Waals surface area contributed by atoms with Crippen LogP contribution >= 0.6 is 0 Å². The zero-order valence-corrected chi connectivity index (χ0v) is 18.1. The molecule has 0 aliphatic heterocycles. The van der Waals surface area contributed by atoms with Gasteiger partial charge in [0.1, 0.15) is 5.78 Å². The molecule has 0 fully saturated rings. The molecule has 26 heavy (non-hydrogen) atoms. The van der Waals surface area contributed by atoms with Crippen molar-refractivity contribution in [2.45, 2.75) is 123 Å². The van der Waals surface area contributed by atoms with Crippen molar-refractivity contribution in [2.75, 3.05) is 7.11 Å². The van der Waals surface area contributed by atoms with E-state index in [1.807, 2.05) is 0 Å². The van der Waals surface area contributed by atoms with E-state index in [0.717, 1.165) is 25.7 Å². The summed E-state index contributed by atoms with van der Waals surface area (Å²) in [5.41, 5.74) is -1.31. The first-order valence-electron chi connectivity index (χ1n) is 10.6. The molecule has 0 spiro atoms. The first-order valence-corrected chi connectivity index (χ1v) is 10.6. The molecule has 1 atom stereocenters. The number of rotatable bonds is 15. The Morgan fingerprint density at radius 3 is 1.65 bits per heavy atom. The van der Waals surface area contributed by atoms with E-state index in [4.69, 9.17) is 0 Å². The van der Waals surface area contributed by atoms with Gasteiger partial charge in [0.2, 0.25) is 0 Å². The largest absolute Gasteiger partial charge is 0.467 e. The summed E-state index contributed by atoms with van der Waals surface area (Å²) in [7, 11) is 1.30. The number of carbonyl (C=O) groups excluding carboxylic acids is 2. The molecule has 0 amide bonds. The predicted octanol–water partition coefficient (Wildman–Crippen LogP) is 5.99. The topological polar surface area (TPSA) is 63.6 Å². The fourth-order valence-electron chi connectivity index (χ4n) is 2.73. The number of esters is 1. The molecule has 4 heteroatoms. The molecule has 4 nitrogen and oxygen atoms in total. The number of ether oxygens (including phenoxy) is 1. The second-order valence-corrected chi connectivity index (χ2v) is 7.50. The summed E-state index contributed by atoms with van der Waals surface area (Å²) in [6.07, 6.45) is 15.8. The summed E-state index contributed by atoms with van der Waals surface area (Å²) < 4.78 is 4.52. The Kier molecular flexibility index (Phi) is 19.8. The maximum Gasteiger partial charge on any atom is 0.337 e. The standard InChI is InChI=1S/C12H24O3.C10H20O/c1-4-5-6-7-8-9-10-12(2,14)11(13)15-3;1-3-4-5-6-7-8-9-10(2)11/h14H,4-10H2,1-3H3;3-9H2,1-2H3. The van der Waals surface area contributed by atoms with Gasteiger partial charge in [-0.15, -0.1) is 0 Å². The summed E-state index contributed by atoms with van der Waals surface area (Å²) in [6.45, 7) is 7.59. The van der Waals surface area contributed by atoms with Gasteiger partial charge in [-0.25, -0.2) is 4.79 Å². The number of unbranched alkanes of at least 4 members (excludes halogenated alkanes) is 10. The molecule has 156 valence electrons. The third-order valence-electron chi connectivity index (χ3n) is 4.52. The zero-order chi connectivity index (χ0) is 20.3. The van der Waals surface area contributed by atoms with Gasteiger partial charge in [-0.2, -0.15) is 0 Å². The lowest BCUT2D eigenvalue weighted by atomic mass is 9.98. The number of ketones is 1. The van der Waals surface area contributed by atoms with E-state index in [9.17, 15) is 14.7 Å². The van der Waals surface area contributed by atoms with Crippen molar-refractivity contribution >= 4 is 11.8 Å². The van der Waals surface area contributed by atoms with Crippen LogP contribution in [0.3, 0.4) is 0 Å². The van der Waals surface area contributed by atoms with Crippen molar-refractivity contribution in [3.05, 3.63) is 0 Å². The Morgan fingerprint density at radius 1 is 0.808 bits per heavy atom. The van der Waals surface area contributed by atoms with E-state index in [2.05, 4.69) is 18.6 Å².